The van der Waals surface area contributed by atoms with Crippen LogP contribution >= 0.6 is 0 Å². The smallest absolute Gasteiger partial charge is 0.122 e. The predicted octanol–water partition coefficient (Wildman–Crippen LogP) is 2.51. The van der Waals surface area contributed by atoms with Gasteiger partial charge in [-0.05, 0) is 55.1 Å². The minimum Gasteiger partial charge on any atom is -0.496 e. The van der Waals surface area contributed by atoms with Gasteiger partial charge in [-0.25, -0.2) is 0 Å². The van der Waals surface area contributed by atoms with E-state index in [0.717, 1.165) is 29.9 Å². The summed E-state index contributed by atoms with van der Waals surface area (Å²) in [6.45, 7) is 0. The Bertz CT molecular complexity index is 435. The maximum atomic E-state index is 5.83. The van der Waals surface area contributed by atoms with Crippen LogP contribution in [0.4, 0.5) is 0 Å². The number of para-hydroxylation sites is 1. The molecule has 0 amide bonds. The monoisotopic (exact) mass is 260 g/mol. The molecule has 104 valence electrons. The summed E-state index contributed by atoms with van der Waals surface area (Å²) in [6.07, 6.45) is 6.59. The van der Waals surface area contributed by atoms with Crippen molar-refractivity contribution in [2.75, 3.05) is 7.11 Å². The van der Waals surface area contributed by atoms with Crippen LogP contribution in [0.25, 0.3) is 0 Å². The lowest BCUT2D eigenvalue weighted by Crippen LogP contribution is -2.44. The van der Waals surface area contributed by atoms with Gasteiger partial charge in [-0.2, -0.15) is 0 Å². The summed E-state index contributed by atoms with van der Waals surface area (Å²) in [7, 11) is 1.74. The van der Waals surface area contributed by atoms with Crippen molar-refractivity contribution in [1.29, 1.82) is 0 Å². The molecule has 2 bridgehead atoms. The number of hydrogen-bond donors (Lipinski definition) is 2. The maximum absolute atomic E-state index is 5.83. The van der Waals surface area contributed by atoms with Gasteiger partial charge in [0.05, 0.1) is 7.11 Å². The molecule has 0 aromatic heterocycles. The third-order valence-electron chi connectivity index (χ3n) is 5.16. The first kappa shape index (κ1) is 12.9. The van der Waals surface area contributed by atoms with Crippen LogP contribution in [0.3, 0.4) is 0 Å². The van der Waals surface area contributed by atoms with E-state index < -0.39 is 0 Å². The van der Waals surface area contributed by atoms with E-state index in [0.29, 0.717) is 6.04 Å². The lowest BCUT2D eigenvalue weighted by atomic mass is 9.81. The highest BCUT2D eigenvalue weighted by Gasteiger charge is 2.42. The van der Waals surface area contributed by atoms with E-state index in [-0.39, 0.29) is 0 Å². The lowest BCUT2D eigenvalue weighted by Gasteiger charge is -2.30. The second-order valence-electron chi connectivity index (χ2n) is 6.13. The Morgan fingerprint density at radius 2 is 2.16 bits per heavy atom. The van der Waals surface area contributed by atoms with E-state index in [4.69, 9.17) is 10.6 Å². The molecule has 3 nitrogen and oxygen atoms in total. The van der Waals surface area contributed by atoms with Crippen molar-refractivity contribution >= 4 is 0 Å². The van der Waals surface area contributed by atoms with E-state index in [2.05, 4.69) is 17.6 Å². The molecule has 3 rings (SSSR count). The molecule has 2 aliphatic rings. The Kier molecular flexibility index (Phi) is 3.76. The highest BCUT2D eigenvalue weighted by molar-refractivity contribution is 5.34. The number of hydrazine groups is 1. The summed E-state index contributed by atoms with van der Waals surface area (Å²) in [6, 6.07) is 8.66. The molecule has 1 aromatic rings. The third-order valence-corrected chi connectivity index (χ3v) is 5.16. The molecule has 0 radical (unpaired) electrons. The van der Waals surface area contributed by atoms with Gasteiger partial charge in [0.1, 0.15) is 5.75 Å². The Morgan fingerprint density at radius 3 is 2.79 bits per heavy atom. The Balaban J connectivity index is 1.73. The van der Waals surface area contributed by atoms with Crippen molar-refractivity contribution in [2.45, 2.75) is 38.1 Å². The first-order valence-corrected chi connectivity index (χ1v) is 7.40. The molecular weight excluding hydrogens is 236 g/mol. The molecule has 4 unspecified atom stereocenters. The van der Waals surface area contributed by atoms with Crippen molar-refractivity contribution in [3.63, 3.8) is 0 Å². The van der Waals surface area contributed by atoms with Crippen LogP contribution in [0.5, 0.6) is 5.75 Å². The molecular formula is C16H24N2O. The van der Waals surface area contributed by atoms with Gasteiger partial charge in [-0.15, -0.1) is 0 Å². The van der Waals surface area contributed by atoms with Crippen LogP contribution in [0.2, 0.25) is 0 Å². The van der Waals surface area contributed by atoms with Gasteiger partial charge >= 0.3 is 0 Å². The molecule has 19 heavy (non-hydrogen) atoms. The Hall–Kier alpha value is -1.06. The molecule has 1 aromatic carbocycles. The summed E-state index contributed by atoms with van der Waals surface area (Å²) in [5.74, 6) is 9.41. The second kappa shape index (κ2) is 5.51. The van der Waals surface area contributed by atoms with Gasteiger partial charge in [-0.1, -0.05) is 24.6 Å². The van der Waals surface area contributed by atoms with Crippen molar-refractivity contribution < 1.29 is 4.74 Å². The van der Waals surface area contributed by atoms with E-state index in [9.17, 15) is 0 Å². The minimum atomic E-state index is 0.381. The van der Waals surface area contributed by atoms with Crippen molar-refractivity contribution in [2.24, 2.45) is 23.6 Å². The molecule has 0 saturated heterocycles. The summed E-state index contributed by atoms with van der Waals surface area (Å²) < 4.78 is 5.45. The fourth-order valence-corrected chi connectivity index (χ4v) is 4.23. The number of rotatable bonds is 5. The first-order chi connectivity index (χ1) is 9.31. The zero-order chi connectivity index (χ0) is 13.2. The quantitative estimate of drug-likeness (QED) is 0.631. The van der Waals surface area contributed by atoms with Gasteiger partial charge in [0.15, 0.2) is 0 Å². The van der Waals surface area contributed by atoms with Crippen LogP contribution in [-0.4, -0.2) is 13.2 Å². The first-order valence-electron chi connectivity index (χ1n) is 7.40. The highest BCUT2D eigenvalue weighted by Crippen LogP contribution is 2.49. The summed E-state index contributed by atoms with van der Waals surface area (Å²) in [5.41, 5.74) is 4.33. The fourth-order valence-electron chi connectivity index (χ4n) is 4.23. The predicted molar refractivity (Wildman–Crippen MR) is 76.7 cm³/mol. The second-order valence-corrected chi connectivity index (χ2v) is 6.13. The Labute approximate surface area is 115 Å². The lowest BCUT2D eigenvalue weighted by molar-refractivity contribution is 0.246. The summed E-state index contributed by atoms with van der Waals surface area (Å²) in [4.78, 5) is 0. The average molecular weight is 260 g/mol. The van der Waals surface area contributed by atoms with Gasteiger partial charge in [0, 0.05) is 6.04 Å². The number of benzene rings is 1. The number of fused-ring (bicyclic) bond motifs is 2. The van der Waals surface area contributed by atoms with Crippen molar-refractivity contribution in [3.05, 3.63) is 29.8 Å². The third kappa shape index (κ3) is 2.49. The SMILES string of the molecule is COc1ccccc1CC(NN)C1CC2CCC1C2. The van der Waals surface area contributed by atoms with Gasteiger partial charge in [-0.3, -0.25) is 11.3 Å². The minimum absolute atomic E-state index is 0.381. The van der Waals surface area contributed by atoms with E-state index in [1.807, 2.05) is 12.1 Å². The normalized spacial score (nSPS) is 30.5. The van der Waals surface area contributed by atoms with Gasteiger partial charge in [0.25, 0.3) is 0 Å². The largest absolute Gasteiger partial charge is 0.496 e. The zero-order valence-corrected chi connectivity index (χ0v) is 11.6. The average Bonchev–Trinajstić information content (AvgIpc) is 3.07. The summed E-state index contributed by atoms with van der Waals surface area (Å²) in [5, 5.41) is 0. The number of hydrogen-bond acceptors (Lipinski definition) is 3. The van der Waals surface area contributed by atoms with Crippen LogP contribution in [-0.2, 0) is 6.42 Å². The Morgan fingerprint density at radius 1 is 1.32 bits per heavy atom. The molecule has 0 spiro atoms. The number of nitrogens with one attached hydrogen (secondary N) is 1. The van der Waals surface area contributed by atoms with E-state index in [1.165, 1.54) is 31.2 Å². The van der Waals surface area contributed by atoms with Crippen LogP contribution < -0.4 is 16.0 Å². The molecule has 0 heterocycles. The molecule has 0 aliphatic heterocycles. The molecule has 2 fully saturated rings. The number of methoxy groups -OCH3 is 1. The van der Waals surface area contributed by atoms with Crippen LogP contribution in [0.15, 0.2) is 24.3 Å². The number of nitrogens with two attached hydrogens (primary N) is 1. The fraction of sp³-hybridized carbons (Fsp3) is 0.625. The van der Waals surface area contributed by atoms with Gasteiger partial charge < -0.3 is 4.74 Å². The molecule has 2 saturated carbocycles. The van der Waals surface area contributed by atoms with Crippen molar-refractivity contribution in [3.8, 4) is 5.75 Å². The molecule has 2 aliphatic carbocycles. The zero-order valence-electron chi connectivity index (χ0n) is 11.6. The topological polar surface area (TPSA) is 47.3 Å². The van der Waals surface area contributed by atoms with E-state index >= 15 is 0 Å². The van der Waals surface area contributed by atoms with Gasteiger partial charge in [0.2, 0.25) is 0 Å². The molecule has 4 atom stereocenters. The highest BCUT2D eigenvalue weighted by atomic mass is 16.5. The standard InChI is InChI=1S/C16H24N2O/c1-19-16-5-3-2-4-13(16)10-15(18-17)14-9-11-6-7-12(14)8-11/h2-5,11-12,14-15,18H,6-10,17H2,1H3. The van der Waals surface area contributed by atoms with Crippen molar-refractivity contribution in [1.82, 2.24) is 5.43 Å². The molecule has 3 N–H and O–H groups in total. The summed E-state index contributed by atoms with van der Waals surface area (Å²) >= 11 is 0. The number of ether oxygens (including phenoxy) is 1. The van der Waals surface area contributed by atoms with E-state index in [1.54, 1.807) is 7.11 Å². The maximum Gasteiger partial charge on any atom is 0.122 e. The van der Waals surface area contributed by atoms with Crippen LogP contribution in [0.1, 0.15) is 31.2 Å². The molecule has 3 heteroatoms. The van der Waals surface area contributed by atoms with Crippen LogP contribution in [0, 0.1) is 17.8 Å².